The first-order valence-corrected chi connectivity index (χ1v) is 7.22. The molecule has 1 atom stereocenters. The van der Waals surface area contributed by atoms with E-state index in [1.54, 1.807) is 11.8 Å². The van der Waals surface area contributed by atoms with E-state index in [9.17, 15) is 9.90 Å². The number of hydrogen-bond acceptors (Lipinski definition) is 2. The molecule has 1 aliphatic heterocycles. The Morgan fingerprint density at radius 1 is 1.10 bits per heavy atom. The molecular formula is C17H14O2S. The molecule has 0 bridgehead atoms. The molecule has 1 N–H and O–H groups in total. The predicted molar refractivity (Wildman–Crippen MR) is 81.7 cm³/mol. The number of carboxylic acids is 1. The van der Waals surface area contributed by atoms with Crippen molar-refractivity contribution in [1.82, 2.24) is 0 Å². The van der Waals surface area contributed by atoms with Crippen molar-refractivity contribution in [2.45, 2.75) is 16.6 Å². The summed E-state index contributed by atoms with van der Waals surface area (Å²) in [6, 6.07) is 18.0. The number of carbonyl (C=O) groups is 1. The minimum absolute atomic E-state index is 0.358. The normalized spacial score (nSPS) is 22.8. The van der Waals surface area contributed by atoms with Crippen LogP contribution in [0.5, 0.6) is 0 Å². The molecule has 0 aliphatic carbocycles. The zero-order valence-corrected chi connectivity index (χ0v) is 11.9. The first-order chi connectivity index (χ1) is 9.61. The highest BCUT2D eigenvalue weighted by molar-refractivity contribution is 8.01. The lowest BCUT2D eigenvalue weighted by Crippen LogP contribution is -2.16. The molecule has 0 amide bonds. The van der Waals surface area contributed by atoms with E-state index in [0.717, 1.165) is 21.6 Å². The average molecular weight is 282 g/mol. The van der Waals surface area contributed by atoms with Crippen molar-refractivity contribution in [1.29, 1.82) is 0 Å². The Morgan fingerprint density at radius 3 is 2.45 bits per heavy atom. The second kappa shape index (κ2) is 4.84. The lowest BCUT2D eigenvalue weighted by atomic mass is 9.87. The number of hydrogen-bond donors (Lipinski definition) is 1. The Balaban J connectivity index is 2.20. The van der Waals surface area contributed by atoms with Gasteiger partial charge in [0.2, 0.25) is 0 Å². The Morgan fingerprint density at radius 2 is 1.75 bits per heavy atom. The first kappa shape index (κ1) is 13.0. The van der Waals surface area contributed by atoms with Gasteiger partial charge in [-0.25, -0.2) is 4.79 Å². The molecule has 0 fully saturated rings. The fraction of sp³-hybridized carbons (Fsp3) is 0.118. The quantitative estimate of drug-likeness (QED) is 0.840. The van der Waals surface area contributed by atoms with E-state index in [1.807, 2.05) is 42.5 Å². The van der Waals surface area contributed by atoms with Crippen molar-refractivity contribution < 1.29 is 9.90 Å². The summed E-state index contributed by atoms with van der Waals surface area (Å²) in [5.74, 6) is -0.903. The molecule has 2 aromatic rings. The summed E-state index contributed by atoms with van der Waals surface area (Å²) in [5, 5.41) is 9.19. The highest BCUT2D eigenvalue weighted by atomic mass is 32.2. The lowest BCUT2D eigenvalue weighted by Gasteiger charge is -2.25. The summed E-state index contributed by atoms with van der Waals surface area (Å²) in [4.78, 5) is 12.3. The number of aliphatic carboxylic acids is 1. The van der Waals surface area contributed by atoms with Crippen LogP contribution in [0.1, 0.15) is 18.1 Å². The minimum atomic E-state index is -0.903. The van der Waals surface area contributed by atoms with Crippen LogP contribution in [0, 0.1) is 0 Å². The third kappa shape index (κ3) is 2.04. The van der Waals surface area contributed by atoms with Crippen LogP contribution >= 0.6 is 11.8 Å². The van der Waals surface area contributed by atoms with Crippen molar-refractivity contribution in [3.8, 4) is 0 Å². The van der Waals surface area contributed by atoms with E-state index in [1.165, 1.54) is 6.08 Å². The summed E-state index contributed by atoms with van der Waals surface area (Å²) < 4.78 is -0.358. The largest absolute Gasteiger partial charge is 0.478 e. The lowest BCUT2D eigenvalue weighted by molar-refractivity contribution is -0.131. The molecule has 2 nitrogen and oxygen atoms in total. The van der Waals surface area contributed by atoms with Crippen molar-refractivity contribution >= 4 is 23.3 Å². The highest BCUT2D eigenvalue weighted by Gasteiger charge is 2.40. The van der Waals surface area contributed by atoms with E-state index in [-0.39, 0.29) is 4.75 Å². The molecule has 0 saturated heterocycles. The van der Waals surface area contributed by atoms with Crippen molar-refractivity contribution in [2.24, 2.45) is 0 Å². The number of thioether (sulfide) groups is 1. The summed E-state index contributed by atoms with van der Waals surface area (Å²) in [5.41, 5.74) is 3.00. The third-order valence-corrected chi connectivity index (χ3v) is 5.04. The summed E-state index contributed by atoms with van der Waals surface area (Å²) >= 11 is 1.71. The Kier molecular flexibility index (Phi) is 3.14. The van der Waals surface area contributed by atoms with Gasteiger partial charge in [-0.15, -0.1) is 11.8 Å². The SMILES string of the molecule is CC1(c2ccccc2)Sc2ccccc2/C1=C\C(=O)O. The summed E-state index contributed by atoms with van der Waals surface area (Å²) in [6.45, 7) is 2.09. The monoisotopic (exact) mass is 282 g/mol. The van der Waals surface area contributed by atoms with E-state index >= 15 is 0 Å². The smallest absolute Gasteiger partial charge is 0.328 e. The van der Waals surface area contributed by atoms with Gasteiger partial charge >= 0.3 is 5.97 Å². The molecule has 0 saturated carbocycles. The van der Waals surface area contributed by atoms with Crippen LogP contribution in [-0.2, 0) is 9.54 Å². The predicted octanol–water partition coefficient (Wildman–Crippen LogP) is 4.18. The number of benzene rings is 2. The van der Waals surface area contributed by atoms with Gasteiger partial charge in [-0.3, -0.25) is 0 Å². The Hall–Kier alpha value is -2.00. The summed E-state index contributed by atoms with van der Waals surface area (Å²) in [6.07, 6.45) is 1.34. The van der Waals surface area contributed by atoms with E-state index < -0.39 is 5.97 Å². The average Bonchev–Trinajstić information content (AvgIpc) is 2.73. The fourth-order valence-electron chi connectivity index (χ4n) is 2.62. The molecule has 1 aliphatic rings. The van der Waals surface area contributed by atoms with Crippen LogP contribution in [0.3, 0.4) is 0 Å². The van der Waals surface area contributed by atoms with E-state index in [0.29, 0.717) is 0 Å². The molecule has 2 aromatic carbocycles. The van der Waals surface area contributed by atoms with Crippen LogP contribution in [0.25, 0.3) is 5.57 Å². The first-order valence-electron chi connectivity index (χ1n) is 6.40. The van der Waals surface area contributed by atoms with Gasteiger partial charge in [0, 0.05) is 11.0 Å². The molecule has 0 radical (unpaired) electrons. The Labute approximate surface area is 122 Å². The molecular weight excluding hydrogens is 268 g/mol. The maximum atomic E-state index is 11.2. The highest BCUT2D eigenvalue weighted by Crippen LogP contribution is 2.58. The van der Waals surface area contributed by atoms with Crippen LogP contribution in [0.2, 0.25) is 0 Å². The van der Waals surface area contributed by atoms with Gasteiger partial charge in [0.1, 0.15) is 0 Å². The van der Waals surface area contributed by atoms with Gasteiger partial charge in [-0.1, -0.05) is 48.5 Å². The van der Waals surface area contributed by atoms with Crippen LogP contribution in [-0.4, -0.2) is 11.1 Å². The van der Waals surface area contributed by atoms with Crippen molar-refractivity contribution in [2.75, 3.05) is 0 Å². The van der Waals surface area contributed by atoms with Crippen LogP contribution in [0.15, 0.2) is 65.6 Å². The molecule has 100 valence electrons. The molecule has 3 rings (SSSR count). The van der Waals surface area contributed by atoms with Crippen molar-refractivity contribution in [3.63, 3.8) is 0 Å². The molecule has 20 heavy (non-hydrogen) atoms. The van der Waals surface area contributed by atoms with Gasteiger partial charge in [-0.05, 0) is 29.7 Å². The number of carboxylic acid groups (broad SMARTS) is 1. The summed E-state index contributed by atoms with van der Waals surface area (Å²) in [7, 11) is 0. The van der Waals surface area contributed by atoms with Gasteiger partial charge in [0.15, 0.2) is 0 Å². The fourth-order valence-corrected chi connectivity index (χ4v) is 4.03. The van der Waals surface area contributed by atoms with Gasteiger partial charge in [-0.2, -0.15) is 0 Å². The van der Waals surface area contributed by atoms with Crippen LogP contribution < -0.4 is 0 Å². The van der Waals surface area contributed by atoms with Crippen molar-refractivity contribution in [3.05, 3.63) is 71.8 Å². The molecule has 1 heterocycles. The van der Waals surface area contributed by atoms with Gasteiger partial charge in [0.05, 0.1) is 4.75 Å². The number of fused-ring (bicyclic) bond motifs is 1. The maximum Gasteiger partial charge on any atom is 0.328 e. The zero-order chi connectivity index (χ0) is 14.2. The van der Waals surface area contributed by atoms with Crippen LogP contribution in [0.4, 0.5) is 0 Å². The molecule has 0 spiro atoms. The Bertz CT molecular complexity index is 691. The van der Waals surface area contributed by atoms with E-state index in [2.05, 4.69) is 19.1 Å². The van der Waals surface area contributed by atoms with Gasteiger partial charge < -0.3 is 5.11 Å². The molecule has 1 unspecified atom stereocenters. The second-order valence-electron chi connectivity index (χ2n) is 4.89. The van der Waals surface area contributed by atoms with E-state index in [4.69, 9.17) is 0 Å². The number of rotatable bonds is 2. The minimum Gasteiger partial charge on any atom is -0.478 e. The standard InChI is InChI=1S/C17H14O2S/c1-17(12-7-3-2-4-8-12)14(11-16(18)19)13-9-5-6-10-15(13)20-17/h2-11H,1H3,(H,18,19)/b14-11+. The molecule has 0 aromatic heterocycles. The second-order valence-corrected chi connectivity index (χ2v) is 6.35. The van der Waals surface area contributed by atoms with Gasteiger partial charge in [0.25, 0.3) is 0 Å². The zero-order valence-electron chi connectivity index (χ0n) is 11.0. The topological polar surface area (TPSA) is 37.3 Å². The molecule has 3 heteroatoms. The maximum absolute atomic E-state index is 11.2. The third-order valence-electron chi connectivity index (χ3n) is 3.60.